The first-order chi connectivity index (χ1) is 9.90. The summed E-state index contributed by atoms with van der Waals surface area (Å²) in [4.78, 5) is 16.0. The molecule has 1 atom stereocenters. The van der Waals surface area contributed by atoms with E-state index >= 15 is 0 Å². The Balaban J connectivity index is 2.09. The van der Waals surface area contributed by atoms with E-state index in [1.54, 1.807) is 19.1 Å². The summed E-state index contributed by atoms with van der Waals surface area (Å²) in [6.45, 7) is 1.65. The molecule has 0 radical (unpaired) electrons. The minimum Gasteiger partial charge on any atom is -0.384 e. The van der Waals surface area contributed by atoms with Gasteiger partial charge in [0.2, 0.25) is 0 Å². The summed E-state index contributed by atoms with van der Waals surface area (Å²) >= 11 is 11.7. The van der Waals surface area contributed by atoms with Crippen LogP contribution in [0, 0.1) is 0 Å². The Morgan fingerprint density at radius 1 is 1.24 bits per heavy atom. The average Bonchev–Trinajstić information content (AvgIpc) is 2.48. The van der Waals surface area contributed by atoms with E-state index in [9.17, 15) is 9.90 Å². The molecule has 6 heteroatoms. The topological polar surface area (TPSA) is 62.2 Å². The highest BCUT2D eigenvalue weighted by Crippen LogP contribution is 2.20. The molecule has 21 heavy (non-hydrogen) atoms. The quantitative estimate of drug-likeness (QED) is 0.850. The molecule has 110 valence electrons. The van der Waals surface area contributed by atoms with Gasteiger partial charge in [0.15, 0.2) is 0 Å². The summed E-state index contributed by atoms with van der Waals surface area (Å²) in [5.74, 6) is -0.487. The highest BCUT2D eigenvalue weighted by Gasteiger charge is 2.24. The lowest BCUT2D eigenvalue weighted by Crippen LogP contribution is -2.39. The molecule has 2 aromatic rings. The molecule has 1 aromatic heterocycles. The molecule has 0 aliphatic heterocycles. The second-order valence-electron chi connectivity index (χ2n) is 4.79. The van der Waals surface area contributed by atoms with Crippen LogP contribution < -0.4 is 5.32 Å². The maximum absolute atomic E-state index is 12.1. The number of amides is 1. The number of hydrogen-bond donors (Lipinski definition) is 2. The fourth-order valence-corrected chi connectivity index (χ4v) is 2.15. The maximum atomic E-state index is 12.1. The molecule has 4 nitrogen and oxygen atoms in total. The van der Waals surface area contributed by atoms with Gasteiger partial charge in [-0.15, -0.1) is 0 Å². The monoisotopic (exact) mass is 324 g/mol. The van der Waals surface area contributed by atoms with E-state index in [4.69, 9.17) is 23.2 Å². The summed E-state index contributed by atoms with van der Waals surface area (Å²) in [6, 6.07) is 12.1. The minimum absolute atomic E-state index is 0.0281. The van der Waals surface area contributed by atoms with E-state index < -0.39 is 11.5 Å². The summed E-state index contributed by atoms with van der Waals surface area (Å²) in [5, 5.41) is 13.4. The number of aliphatic hydroxyl groups is 1. The highest BCUT2D eigenvalue weighted by atomic mass is 35.5. The van der Waals surface area contributed by atoms with Gasteiger partial charge in [0.05, 0.1) is 11.6 Å². The molecule has 0 aliphatic rings. The number of aromatic nitrogens is 1. The summed E-state index contributed by atoms with van der Waals surface area (Å²) in [7, 11) is 0. The van der Waals surface area contributed by atoms with Crippen molar-refractivity contribution in [1.29, 1.82) is 0 Å². The van der Waals surface area contributed by atoms with Gasteiger partial charge in [-0.05, 0) is 24.6 Å². The summed E-state index contributed by atoms with van der Waals surface area (Å²) < 4.78 is 0. The van der Waals surface area contributed by atoms with Crippen molar-refractivity contribution < 1.29 is 9.90 Å². The molecule has 1 aromatic carbocycles. The van der Waals surface area contributed by atoms with Crippen LogP contribution >= 0.6 is 23.2 Å². The number of nitrogens with zero attached hydrogens (tertiary/aromatic N) is 1. The van der Waals surface area contributed by atoms with Crippen molar-refractivity contribution in [3.05, 3.63) is 63.9 Å². The molecule has 1 heterocycles. The first-order valence-electron chi connectivity index (χ1n) is 6.28. The van der Waals surface area contributed by atoms with Gasteiger partial charge in [-0.3, -0.25) is 4.79 Å². The van der Waals surface area contributed by atoms with E-state index in [0.717, 1.165) is 0 Å². The fraction of sp³-hybridized carbons (Fsp3) is 0.200. The number of hydrogen-bond acceptors (Lipinski definition) is 3. The molecule has 0 aliphatic carbocycles. The lowest BCUT2D eigenvalue weighted by Gasteiger charge is -2.24. The molecular weight excluding hydrogens is 311 g/mol. The SMILES string of the molecule is CC(O)(CNC(=O)c1nc(Cl)ccc1Cl)c1ccccc1. The number of benzene rings is 1. The van der Waals surface area contributed by atoms with Gasteiger partial charge in [-0.1, -0.05) is 53.5 Å². The van der Waals surface area contributed by atoms with Gasteiger partial charge >= 0.3 is 0 Å². The van der Waals surface area contributed by atoms with Crippen molar-refractivity contribution in [2.24, 2.45) is 0 Å². The van der Waals surface area contributed by atoms with Gasteiger partial charge in [-0.25, -0.2) is 4.98 Å². The number of nitrogens with one attached hydrogen (secondary N) is 1. The standard InChI is InChI=1S/C15H14Cl2N2O2/c1-15(21,10-5-3-2-4-6-10)9-18-14(20)13-11(16)7-8-12(17)19-13/h2-8,21H,9H2,1H3,(H,18,20). The van der Waals surface area contributed by atoms with Crippen molar-refractivity contribution in [3.8, 4) is 0 Å². The molecular formula is C15H14Cl2N2O2. The third-order valence-electron chi connectivity index (χ3n) is 3.02. The predicted molar refractivity (Wildman–Crippen MR) is 82.6 cm³/mol. The highest BCUT2D eigenvalue weighted by molar-refractivity contribution is 6.34. The van der Waals surface area contributed by atoms with Crippen LogP contribution in [0.1, 0.15) is 23.0 Å². The Morgan fingerprint density at radius 2 is 1.90 bits per heavy atom. The molecule has 1 unspecified atom stereocenters. The lowest BCUT2D eigenvalue weighted by molar-refractivity contribution is 0.0525. The van der Waals surface area contributed by atoms with Crippen LogP contribution in [0.4, 0.5) is 0 Å². The Bertz CT molecular complexity index is 645. The zero-order valence-corrected chi connectivity index (χ0v) is 12.8. The normalized spacial score (nSPS) is 13.5. The van der Waals surface area contributed by atoms with Crippen molar-refractivity contribution in [2.75, 3.05) is 6.54 Å². The van der Waals surface area contributed by atoms with Gasteiger partial charge in [0.1, 0.15) is 16.4 Å². The molecule has 2 rings (SSSR count). The Labute approximate surface area is 132 Å². The van der Waals surface area contributed by atoms with Crippen molar-refractivity contribution in [3.63, 3.8) is 0 Å². The lowest BCUT2D eigenvalue weighted by atomic mass is 9.96. The van der Waals surface area contributed by atoms with Crippen molar-refractivity contribution in [2.45, 2.75) is 12.5 Å². The van der Waals surface area contributed by atoms with Crippen LogP contribution in [-0.4, -0.2) is 22.5 Å². The number of rotatable bonds is 4. The Kier molecular flexibility index (Phi) is 4.83. The molecule has 0 saturated carbocycles. The summed E-state index contributed by atoms with van der Waals surface area (Å²) in [6.07, 6.45) is 0. The van der Waals surface area contributed by atoms with Crippen molar-refractivity contribution >= 4 is 29.1 Å². The number of halogens is 2. The third kappa shape index (κ3) is 3.94. The van der Waals surface area contributed by atoms with Gasteiger partial charge < -0.3 is 10.4 Å². The number of carbonyl (C=O) groups is 1. The van der Waals surface area contributed by atoms with Crippen LogP contribution in [0.5, 0.6) is 0 Å². The third-order valence-corrected chi connectivity index (χ3v) is 3.53. The largest absolute Gasteiger partial charge is 0.384 e. The van der Waals surface area contributed by atoms with Crippen LogP contribution in [0.15, 0.2) is 42.5 Å². The van der Waals surface area contributed by atoms with E-state index in [1.165, 1.54) is 12.1 Å². The predicted octanol–water partition coefficient (Wildman–Crippen LogP) is 3.03. The maximum Gasteiger partial charge on any atom is 0.271 e. The second kappa shape index (κ2) is 6.43. The van der Waals surface area contributed by atoms with Crippen LogP contribution in [0.2, 0.25) is 10.2 Å². The molecule has 0 bridgehead atoms. The molecule has 0 fully saturated rings. The van der Waals surface area contributed by atoms with Gasteiger partial charge in [-0.2, -0.15) is 0 Å². The Hall–Kier alpha value is -1.62. The molecule has 0 spiro atoms. The Morgan fingerprint density at radius 3 is 2.57 bits per heavy atom. The van der Waals surface area contributed by atoms with E-state index in [-0.39, 0.29) is 22.4 Å². The van der Waals surface area contributed by atoms with Crippen LogP contribution in [-0.2, 0) is 5.60 Å². The van der Waals surface area contributed by atoms with Crippen LogP contribution in [0.3, 0.4) is 0 Å². The zero-order chi connectivity index (χ0) is 15.5. The summed E-state index contributed by atoms with van der Waals surface area (Å²) in [5.41, 5.74) is -0.453. The number of pyridine rings is 1. The van der Waals surface area contributed by atoms with E-state index in [2.05, 4.69) is 10.3 Å². The van der Waals surface area contributed by atoms with E-state index in [1.807, 2.05) is 18.2 Å². The second-order valence-corrected chi connectivity index (χ2v) is 5.58. The fourth-order valence-electron chi connectivity index (χ4n) is 1.81. The molecule has 2 N–H and O–H groups in total. The van der Waals surface area contributed by atoms with Gasteiger partial charge in [0, 0.05) is 0 Å². The zero-order valence-electron chi connectivity index (χ0n) is 11.3. The van der Waals surface area contributed by atoms with Crippen LogP contribution in [0.25, 0.3) is 0 Å². The number of carbonyl (C=O) groups excluding carboxylic acids is 1. The molecule has 1 amide bonds. The van der Waals surface area contributed by atoms with Crippen molar-refractivity contribution in [1.82, 2.24) is 10.3 Å². The molecule has 0 saturated heterocycles. The minimum atomic E-state index is -1.19. The average molecular weight is 325 g/mol. The first kappa shape index (κ1) is 15.8. The smallest absolute Gasteiger partial charge is 0.271 e. The first-order valence-corrected chi connectivity index (χ1v) is 7.04. The van der Waals surface area contributed by atoms with Gasteiger partial charge in [0.25, 0.3) is 5.91 Å². The van der Waals surface area contributed by atoms with E-state index in [0.29, 0.717) is 5.56 Å².